The second-order valence-electron chi connectivity index (χ2n) is 4.04. The summed E-state index contributed by atoms with van der Waals surface area (Å²) in [5, 5.41) is 2.58. The molecule has 0 aliphatic heterocycles. The van der Waals surface area contributed by atoms with Crippen LogP contribution in [0, 0.1) is 0 Å². The summed E-state index contributed by atoms with van der Waals surface area (Å²) in [6.07, 6.45) is 0. The Morgan fingerprint density at radius 3 is 2.20 bits per heavy atom. The van der Waals surface area contributed by atoms with Crippen molar-refractivity contribution in [2.24, 2.45) is 0 Å². The van der Waals surface area contributed by atoms with E-state index in [4.69, 9.17) is 10.3 Å². The third kappa shape index (κ3) is 3.14. The van der Waals surface area contributed by atoms with E-state index in [1.54, 1.807) is 24.3 Å². The number of benzene rings is 2. The van der Waals surface area contributed by atoms with Gasteiger partial charge in [-0.15, -0.1) is 0 Å². The summed E-state index contributed by atoms with van der Waals surface area (Å²) < 4.78 is 30.6. The van der Waals surface area contributed by atoms with Crippen molar-refractivity contribution in [3.63, 3.8) is 0 Å². The number of amides is 1. The lowest BCUT2D eigenvalue weighted by Gasteiger charge is -2.07. The SMILES string of the molecule is Nc1ccccc1C(=O)Nc1ccc(S(=O)(=O)O)cc1. The molecule has 1 amide bonds. The molecule has 20 heavy (non-hydrogen) atoms. The topological polar surface area (TPSA) is 109 Å². The van der Waals surface area contributed by atoms with Crippen LogP contribution in [0.5, 0.6) is 0 Å². The molecule has 4 N–H and O–H groups in total. The Morgan fingerprint density at radius 2 is 1.65 bits per heavy atom. The van der Waals surface area contributed by atoms with Gasteiger partial charge in [0.25, 0.3) is 16.0 Å². The number of carbonyl (C=O) groups is 1. The van der Waals surface area contributed by atoms with Crippen molar-refractivity contribution in [2.75, 3.05) is 11.1 Å². The molecule has 2 rings (SSSR count). The highest BCUT2D eigenvalue weighted by Gasteiger charge is 2.11. The molecule has 0 atom stereocenters. The Hall–Kier alpha value is -2.38. The highest BCUT2D eigenvalue weighted by atomic mass is 32.2. The molecule has 0 aliphatic carbocycles. The van der Waals surface area contributed by atoms with Gasteiger partial charge in [-0.2, -0.15) is 8.42 Å². The first-order valence-electron chi connectivity index (χ1n) is 5.61. The zero-order valence-corrected chi connectivity index (χ0v) is 11.1. The molecule has 0 fully saturated rings. The zero-order valence-electron chi connectivity index (χ0n) is 10.3. The number of para-hydroxylation sites is 1. The number of hydrogen-bond acceptors (Lipinski definition) is 4. The van der Waals surface area contributed by atoms with E-state index in [1.807, 2.05) is 0 Å². The van der Waals surface area contributed by atoms with E-state index in [9.17, 15) is 13.2 Å². The third-order valence-corrected chi connectivity index (χ3v) is 3.48. The minimum Gasteiger partial charge on any atom is -0.398 e. The maximum absolute atomic E-state index is 12.0. The molecule has 2 aromatic rings. The van der Waals surface area contributed by atoms with Crippen LogP contribution in [-0.2, 0) is 10.1 Å². The first kappa shape index (κ1) is 14.0. The number of anilines is 2. The van der Waals surface area contributed by atoms with Gasteiger partial charge in [0.05, 0.1) is 10.5 Å². The Labute approximate surface area is 116 Å². The van der Waals surface area contributed by atoms with Crippen molar-refractivity contribution in [1.82, 2.24) is 0 Å². The van der Waals surface area contributed by atoms with Crippen LogP contribution in [0.25, 0.3) is 0 Å². The van der Waals surface area contributed by atoms with Gasteiger partial charge in [-0.25, -0.2) is 0 Å². The van der Waals surface area contributed by atoms with Gasteiger partial charge < -0.3 is 11.1 Å². The lowest BCUT2D eigenvalue weighted by molar-refractivity contribution is 0.102. The maximum Gasteiger partial charge on any atom is 0.294 e. The Morgan fingerprint density at radius 1 is 1.05 bits per heavy atom. The molecule has 0 saturated heterocycles. The molecule has 0 spiro atoms. The van der Waals surface area contributed by atoms with Crippen LogP contribution in [0.4, 0.5) is 11.4 Å². The molecule has 0 bridgehead atoms. The molecule has 2 aromatic carbocycles. The molecule has 0 radical (unpaired) electrons. The number of nitrogens with one attached hydrogen (secondary N) is 1. The van der Waals surface area contributed by atoms with Gasteiger partial charge in [0.1, 0.15) is 0 Å². The number of hydrogen-bond donors (Lipinski definition) is 3. The first-order chi connectivity index (χ1) is 9.38. The van der Waals surface area contributed by atoms with Gasteiger partial charge in [0.15, 0.2) is 0 Å². The number of nitrogen functional groups attached to an aromatic ring is 1. The normalized spacial score (nSPS) is 11.1. The fourth-order valence-electron chi connectivity index (χ4n) is 1.61. The van der Waals surface area contributed by atoms with Crippen molar-refractivity contribution < 1.29 is 17.8 Å². The van der Waals surface area contributed by atoms with Crippen LogP contribution in [-0.4, -0.2) is 18.9 Å². The molecule has 7 heteroatoms. The van der Waals surface area contributed by atoms with Crippen LogP contribution >= 0.6 is 0 Å². The Balaban J connectivity index is 2.19. The van der Waals surface area contributed by atoms with Crippen LogP contribution in [0.1, 0.15) is 10.4 Å². The first-order valence-corrected chi connectivity index (χ1v) is 7.05. The number of rotatable bonds is 3. The van der Waals surface area contributed by atoms with Gasteiger partial charge >= 0.3 is 0 Å². The van der Waals surface area contributed by atoms with Crippen molar-refractivity contribution in [3.8, 4) is 0 Å². The van der Waals surface area contributed by atoms with E-state index < -0.39 is 16.0 Å². The van der Waals surface area contributed by atoms with Crippen LogP contribution < -0.4 is 11.1 Å². The molecule has 0 heterocycles. The molecule has 0 aromatic heterocycles. The van der Waals surface area contributed by atoms with E-state index in [-0.39, 0.29) is 4.90 Å². The Bertz CT molecular complexity index is 739. The van der Waals surface area contributed by atoms with Crippen molar-refractivity contribution in [2.45, 2.75) is 4.90 Å². The fraction of sp³-hybridized carbons (Fsp3) is 0. The van der Waals surface area contributed by atoms with E-state index >= 15 is 0 Å². The highest BCUT2D eigenvalue weighted by Crippen LogP contribution is 2.16. The number of nitrogens with two attached hydrogens (primary N) is 1. The van der Waals surface area contributed by atoms with Crippen molar-refractivity contribution >= 4 is 27.4 Å². The van der Waals surface area contributed by atoms with Gasteiger partial charge in [-0.05, 0) is 36.4 Å². The lowest BCUT2D eigenvalue weighted by atomic mass is 10.1. The second-order valence-corrected chi connectivity index (χ2v) is 5.46. The molecule has 0 saturated carbocycles. The monoisotopic (exact) mass is 292 g/mol. The molecular weight excluding hydrogens is 280 g/mol. The summed E-state index contributed by atoms with van der Waals surface area (Å²) in [4.78, 5) is 11.7. The standard InChI is InChI=1S/C13H12N2O4S/c14-12-4-2-1-3-11(12)13(16)15-9-5-7-10(8-6-9)20(17,18)19/h1-8H,14H2,(H,15,16)(H,17,18,19). The second kappa shape index (κ2) is 5.32. The van der Waals surface area contributed by atoms with Crippen LogP contribution in [0.15, 0.2) is 53.4 Å². The number of carbonyl (C=O) groups excluding carboxylic acids is 1. The van der Waals surface area contributed by atoms with Crippen LogP contribution in [0.2, 0.25) is 0 Å². The highest BCUT2D eigenvalue weighted by molar-refractivity contribution is 7.85. The zero-order chi connectivity index (χ0) is 14.8. The van der Waals surface area contributed by atoms with E-state index in [0.29, 0.717) is 16.9 Å². The average molecular weight is 292 g/mol. The Kier molecular flexibility index (Phi) is 3.73. The van der Waals surface area contributed by atoms with E-state index in [2.05, 4.69) is 5.32 Å². The quantitative estimate of drug-likeness (QED) is 0.590. The largest absolute Gasteiger partial charge is 0.398 e. The summed E-state index contributed by atoms with van der Waals surface area (Å²) >= 11 is 0. The molecule has 0 aliphatic rings. The summed E-state index contributed by atoms with van der Waals surface area (Å²) in [5.74, 6) is -0.400. The predicted molar refractivity (Wildman–Crippen MR) is 75.1 cm³/mol. The molecule has 104 valence electrons. The summed E-state index contributed by atoms with van der Waals surface area (Å²) in [5.41, 5.74) is 6.75. The third-order valence-electron chi connectivity index (χ3n) is 2.62. The van der Waals surface area contributed by atoms with Gasteiger partial charge in [0.2, 0.25) is 0 Å². The van der Waals surface area contributed by atoms with E-state index in [1.165, 1.54) is 24.3 Å². The molecular formula is C13H12N2O4S. The van der Waals surface area contributed by atoms with E-state index in [0.717, 1.165) is 0 Å². The summed E-state index contributed by atoms with van der Waals surface area (Å²) in [6.45, 7) is 0. The van der Waals surface area contributed by atoms with Gasteiger partial charge in [-0.1, -0.05) is 12.1 Å². The smallest absolute Gasteiger partial charge is 0.294 e. The van der Waals surface area contributed by atoms with Crippen molar-refractivity contribution in [3.05, 3.63) is 54.1 Å². The predicted octanol–water partition coefficient (Wildman–Crippen LogP) is 1.77. The minimum absolute atomic E-state index is 0.241. The average Bonchev–Trinajstić information content (AvgIpc) is 2.38. The summed E-state index contributed by atoms with van der Waals surface area (Å²) in [6, 6.07) is 11.7. The fourth-order valence-corrected chi connectivity index (χ4v) is 2.09. The lowest BCUT2D eigenvalue weighted by Crippen LogP contribution is -2.13. The van der Waals surface area contributed by atoms with Crippen LogP contribution in [0.3, 0.4) is 0 Å². The molecule has 6 nitrogen and oxygen atoms in total. The van der Waals surface area contributed by atoms with Gasteiger partial charge in [-0.3, -0.25) is 9.35 Å². The van der Waals surface area contributed by atoms with Gasteiger partial charge in [0, 0.05) is 11.4 Å². The van der Waals surface area contributed by atoms with Crippen molar-refractivity contribution in [1.29, 1.82) is 0 Å². The molecule has 0 unspecified atom stereocenters. The maximum atomic E-state index is 12.0. The summed E-state index contributed by atoms with van der Waals surface area (Å²) in [7, 11) is -4.24. The minimum atomic E-state index is -4.24.